The lowest BCUT2D eigenvalue weighted by atomic mass is 10.1. The van der Waals surface area contributed by atoms with Gasteiger partial charge in [-0.3, -0.25) is 4.79 Å². The number of halogens is 1. The van der Waals surface area contributed by atoms with E-state index in [4.69, 9.17) is 5.73 Å². The van der Waals surface area contributed by atoms with E-state index in [0.29, 0.717) is 17.9 Å². The highest BCUT2D eigenvalue weighted by Gasteiger charge is 2.07. The number of hydrogen-bond donors (Lipinski definition) is 2. The minimum absolute atomic E-state index is 0.0248. The van der Waals surface area contributed by atoms with Gasteiger partial charge in [0, 0.05) is 34.2 Å². The van der Waals surface area contributed by atoms with Gasteiger partial charge in [0.25, 0.3) is 0 Å². The van der Waals surface area contributed by atoms with Crippen LogP contribution in [0.15, 0.2) is 46.0 Å². The number of aromatic nitrogens is 1. The Morgan fingerprint density at radius 1 is 1.38 bits per heavy atom. The zero-order valence-electron chi connectivity index (χ0n) is 11.6. The van der Waals surface area contributed by atoms with Crippen LogP contribution in [-0.4, -0.2) is 16.6 Å². The summed E-state index contributed by atoms with van der Waals surface area (Å²) in [6.45, 7) is 1.89. The fourth-order valence-corrected chi connectivity index (χ4v) is 3.14. The Morgan fingerprint density at radius 3 is 2.95 bits per heavy atom. The van der Waals surface area contributed by atoms with E-state index in [1.54, 1.807) is 18.0 Å². The minimum atomic E-state index is -0.0248. The Morgan fingerprint density at radius 2 is 2.19 bits per heavy atom. The lowest BCUT2D eigenvalue weighted by Gasteiger charge is -2.10. The molecule has 1 aromatic heterocycles. The van der Waals surface area contributed by atoms with Gasteiger partial charge in [-0.15, -0.1) is 11.8 Å². The van der Waals surface area contributed by atoms with E-state index in [0.717, 1.165) is 20.7 Å². The summed E-state index contributed by atoms with van der Waals surface area (Å²) in [5, 5.41) is 3.78. The molecule has 0 spiro atoms. The molecule has 0 saturated carbocycles. The van der Waals surface area contributed by atoms with Crippen molar-refractivity contribution in [2.45, 2.75) is 18.4 Å². The van der Waals surface area contributed by atoms with E-state index < -0.39 is 0 Å². The molecule has 2 aromatic rings. The SMILES string of the molecule is Cc1c(N)cccc1NC(=O)CCSc1ncccc1Br. The Kier molecular flexibility index (Phi) is 5.64. The first-order valence-corrected chi connectivity index (χ1v) is 8.24. The topological polar surface area (TPSA) is 68.0 Å². The minimum Gasteiger partial charge on any atom is -0.398 e. The Labute approximate surface area is 136 Å². The van der Waals surface area contributed by atoms with Crippen LogP contribution in [-0.2, 0) is 4.79 Å². The first-order valence-electron chi connectivity index (χ1n) is 6.46. The Balaban J connectivity index is 1.85. The number of hydrogen-bond acceptors (Lipinski definition) is 4. The molecule has 0 aliphatic rings. The third kappa shape index (κ3) is 4.47. The van der Waals surface area contributed by atoms with E-state index in [9.17, 15) is 4.79 Å². The average molecular weight is 366 g/mol. The van der Waals surface area contributed by atoms with Crippen LogP contribution >= 0.6 is 27.7 Å². The molecule has 0 atom stereocenters. The van der Waals surface area contributed by atoms with Crippen LogP contribution in [0.25, 0.3) is 0 Å². The second kappa shape index (κ2) is 7.47. The smallest absolute Gasteiger partial charge is 0.225 e. The quantitative estimate of drug-likeness (QED) is 0.623. The van der Waals surface area contributed by atoms with E-state index in [-0.39, 0.29) is 5.91 Å². The monoisotopic (exact) mass is 365 g/mol. The predicted octanol–water partition coefficient (Wildman–Crippen LogP) is 3.86. The van der Waals surface area contributed by atoms with Gasteiger partial charge in [-0.2, -0.15) is 0 Å². The van der Waals surface area contributed by atoms with Gasteiger partial charge in [-0.25, -0.2) is 4.98 Å². The summed E-state index contributed by atoms with van der Waals surface area (Å²) in [6.07, 6.45) is 2.16. The van der Waals surface area contributed by atoms with Gasteiger partial charge < -0.3 is 11.1 Å². The summed E-state index contributed by atoms with van der Waals surface area (Å²) in [4.78, 5) is 16.2. The molecule has 0 bridgehead atoms. The highest BCUT2D eigenvalue weighted by molar-refractivity contribution is 9.10. The Bertz CT molecular complexity index is 649. The van der Waals surface area contributed by atoms with E-state index >= 15 is 0 Å². The van der Waals surface area contributed by atoms with Crippen LogP contribution < -0.4 is 11.1 Å². The highest BCUT2D eigenvalue weighted by Crippen LogP contribution is 2.25. The van der Waals surface area contributed by atoms with Crippen molar-refractivity contribution < 1.29 is 4.79 Å². The van der Waals surface area contributed by atoms with E-state index in [1.807, 2.05) is 37.3 Å². The normalized spacial score (nSPS) is 10.4. The number of pyridine rings is 1. The molecule has 1 aromatic carbocycles. The summed E-state index contributed by atoms with van der Waals surface area (Å²) < 4.78 is 0.946. The molecule has 3 N–H and O–H groups in total. The molecule has 1 amide bonds. The van der Waals surface area contributed by atoms with E-state index in [1.165, 1.54) is 0 Å². The summed E-state index contributed by atoms with van der Waals surface area (Å²) in [5.74, 6) is 0.645. The fourth-order valence-electron chi connectivity index (χ4n) is 1.72. The third-order valence-electron chi connectivity index (χ3n) is 2.94. The third-order valence-corrected chi connectivity index (χ3v) is 4.85. The van der Waals surface area contributed by atoms with Crippen molar-refractivity contribution in [3.63, 3.8) is 0 Å². The lowest BCUT2D eigenvalue weighted by Crippen LogP contribution is -2.13. The summed E-state index contributed by atoms with van der Waals surface area (Å²) >= 11 is 4.99. The van der Waals surface area contributed by atoms with Crippen molar-refractivity contribution in [2.24, 2.45) is 0 Å². The summed E-state index contributed by atoms with van der Waals surface area (Å²) in [7, 11) is 0. The molecular formula is C15H16BrN3OS. The summed E-state index contributed by atoms with van der Waals surface area (Å²) in [6, 6.07) is 9.30. The molecule has 0 saturated heterocycles. The van der Waals surface area contributed by atoms with Gasteiger partial charge in [0.05, 0.1) is 0 Å². The molecule has 4 nitrogen and oxygen atoms in total. The maximum atomic E-state index is 12.0. The van der Waals surface area contributed by atoms with Crippen molar-refractivity contribution >= 4 is 45.0 Å². The van der Waals surface area contributed by atoms with Gasteiger partial charge in [0.1, 0.15) is 5.03 Å². The van der Waals surface area contributed by atoms with Crippen molar-refractivity contribution in [3.8, 4) is 0 Å². The maximum absolute atomic E-state index is 12.0. The number of benzene rings is 1. The van der Waals surface area contributed by atoms with Gasteiger partial charge in [-0.1, -0.05) is 6.07 Å². The van der Waals surface area contributed by atoms with Gasteiger partial charge in [0.15, 0.2) is 0 Å². The van der Waals surface area contributed by atoms with Gasteiger partial charge in [-0.05, 0) is 52.7 Å². The second-order valence-electron chi connectivity index (χ2n) is 4.46. The van der Waals surface area contributed by atoms with Gasteiger partial charge in [0.2, 0.25) is 5.91 Å². The van der Waals surface area contributed by atoms with Crippen molar-refractivity contribution in [1.82, 2.24) is 4.98 Å². The van der Waals surface area contributed by atoms with Crippen LogP contribution in [0.4, 0.5) is 11.4 Å². The molecule has 0 aliphatic carbocycles. The van der Waals surface area contributed by atoms with E-state index in [2.05, 4.69) is 26.2 Å². The number of nitrogens with one attached hydrogen (secondary N) is 1. The molecule has 110 valence electrons. The number of rotatable bonds is 5. The number of nitrogens with zero attached hydrogens (tertiary/aromatic N) is 1. The maximum Gasteiger partial charge on any atom is 0.225 e. The first kappa shape index (κ1) is 15.9. The molecule has 21 heavy (non-hydrogen) atoms. The molecule has 2 rings (SSSR count). The van der Waals surface area contributed by atoms with Crippen LogP contribution in [0.1, 0.15) is 12.0 Å². The van der Waals surface area contributed by atoms with Crippen molar-refractivity contribution in [2.75, 3.05) is 16.8 Å². The molecule has 0 radical (unpaired) electrons. The lowest BCUT2D eigenvalue weighted by molar-refractivity contribution is -0.115. The molecule has 0 fully saturated rings. The largest absolute Gasteiger partial charge is 0.398 e. The first-order chi connectivity index (χ1) is 10.1. The molecule has 6 heteroatoms. The van der Waals surface area contributed by atoms with Crippen LogP contribution in [0, 0.1) is 6.92 Å². The number of nitrogens with two attached hydrogens (primary N) is 1. The molecule has 0 unspecified atom stereocenters. The van der Waals surface area contributed by atoms with Crippen LogP contribution in [0.2, 0.25) is 0 Å². The fraction of sp³-hybridized carbons (Fsp3) is 0.200. The average Bonchev–Trinajstić information content (AvgIpc) is 2.46. The molecular weight excluding hydrogens is 350 g/mol. The number of amides is 1. The standard InChI is InChI=1S/C15H16BrN3OS/c1-10-12(17)5-2-6-13(10)19-14(20)7-9-21-15-11(16)4-3-8-18-15/h2-6,8H,7,9,17H2,1H3,(H,19,20). The van der Waals surface area contributed by atoms with Crippen molar-refractivity contribution in [1.29, 1.82) is 0 Å². The second-order valence-corrected chi connectivity index (χ2v) is 6.39. The number of anilines is 2. The zero-order chi connectivity index (χ0) is 15.2. The highest BCUT2D eigenvalue weighted by atomic mass is 79.9. The number of nitrogen functional groups attached to an aromatic ring is 1. The van der Waals surface area contributed by atoms with Crippen LogP contribution in [0.3, 0.4) is 0 Å². The summed E-state index contributed by atoms with van der Waals surface area (Å²) in [5.41, 5.74) is 8.16. The number of carbonyl (C=O) groups excluding carboxylic acids is 1. The molecule has 1 heterocycles. The Hall–Kier alpha value is -1.53. The predicted molar refractivity (Wildman–Crippen MR) is 91.5 cm³/mol. The zero-order valence-corrected chi connectivity index (χ0v) is 14.0. The van der Waals surface area contributed by atoms with Crippen molar-refractivity contribution in [3.05, 3.63) is 46.6 Å². The number of thioether (sulfide) groups is 1. The van der Waals surface area contributed by atoms with Gasteiger partial charge >= 0.3 is 0 Å². The van der Waals surface area contributed by atoms with Crippen LogP contribution in [0.5, 0.6) is 0 Å². The number of carbonyl (C=O) groups is 1. The molecule has 0 aliphatic heterocycles.